The van der Waals surface area contributed by atoms with Crippen LogP contribution in [-0.2, 0) is 11.3 Å². The maximum Gasteiger partial charge on any atom is 0.234 e. The highest BCUT2D eigenvalue weighted by atomic mass is 35.5. The van der Waals surface area contributed by atoms with E-state index in [1.807, 2.05) is 37.4 Å². The van der Waals surface area contributed by atoms with Crippen molar-refractivity contribution in [2.75, 3.05) is 33.2 Å². The highest BCUT2D eigenvalue weighted by molar-refractivity contribution is 5.85. The van der Waals surface area contributed by atoms with E-state index in [0.29, 0.717) is 19.0 Å². The summed E-state index contributed by atoms with van der Waals surface area (Å²) in [6.45, 7) is 4.29. The molecule has 0 spiro atoms. The smallest absolute Gasteiger partial charge is 0.234 e. The first-order valence-corrected chi connectivity index (χ1v) is 7.44. The van der Waals surface area contributed by atoms with Gasteiger partial charge in [0.25, 0.3) is 0 Å². The van der Waals surface area contributed by atoms with Crippen molar-refractivity contribution in [3.8, 4) is 0 Å². The molecule has 1 aromatic rings. The topological polar surface area (TPSA) is 44.4 Å². The number of nitrogens with zero attached hydrogens (tertiary/aromatic N) is 1. The standard InChI is InChI=1S/C16H25N3O.ClH/c1-19(12-15-8-5-9-17-10-15)13-16(20)18-11-14-6-3-2-4-7-14;/h2-4,6-7,15,17H,5,8-13H2,1H3,(H,18,20);1H. The van der Waals surface area contributed by atoms with Crippen LogP contribution >= 0.6 is 12.4 Å². The Morgan fingerprint density at radius 2 is 2.14 bits per heavy atom. The lowest BCUT2D eigenvalue weighted by Crippen LogP contribution is -2.41. The molecule has 1 saturated heterocycles. The molecule has 1 aliphatic heterocycles. The van der Waals surface area contributed by atoms with Gasteiger partial charge in [0.2, 0.25) is 5.91 Å². The van der Waals surface area contributed by atoms with Crippen LogP contribution in [0.25, 0.3) is 0 Å². The Kier molecular flexibility index (Phi) is 8.35. The summed E-state index contributed by atoms with van der Waals surface area (Å²) in [6.07, 6.45) is 2.52. The molecule has 0 aromatic heterocycles. The number of benzene rings is 1. The van der Waals surface area contributed by atoms with Gasteiger partial charge in [-0.15, -0.1) is 12.4 Å². The fourth-order valence-corrected chi connectivity index (χ4v) is 2.68. The van der Waals surface area contributed by atoms with E-state index in [4.69, 9.17) is 0 Å². The summed E-state index contributed by atoms with van der Waals surface area (Å²) >= 11 is 0. The second-order valence-electron chi connectivity index (χ2n) is 5.67. The molecule has 1 unspecified atom stereocenters. The lowest BCUT2D eigenvalue weighted by molar-refractivity contribution is -0.122. The minimum atomic E-state index is 0. The summed E-state index contributed by atoms with van der Waals surface area (Å²) in [5.41, 5.74) is 1.14. The number of carbonyl (C=O) groups is 1. The highest BCUT2D eigenvalue weighted by Gasteiger charge is 2.16. The average Bonchev–Trinajstić information content (AvgIpc) is 2.47. The first kappa shape index (κ1) is 18.0. The van der Waals surface area contributed by atoms with E-state index < -0.39 is 0 Å². The van der Waals surface area contributed by atoms with Crippen molar-refractivity contribution in [3.63, 3.8) is 0 Å². The second-order valence-corrected chi connectivity index (χ2v) is 5.67. The van der Waals surface area contributed by atoms with E-state index in [-0.39, 0.29) is 18.3 Å². The molecular formula is C16H26ClN3O. The Morgan fingerprint density at radius 3 is 2.81 bits per heavy atom. The number of rotatable bonds is 6. The normalized spacial score (nSPS) is 18.1. The number of hydrogen-bond donors (Lipinski definition) is 2. The number of halogens is 1. The van der Waals surface area contributed by atoms with Crippen molar-refractivity contribution in [2.24, 2.45) is 5.92 Å². The van der Waals surface area contributed by atoms with Crippen molar-refractivity contribution in [1.82, 2.24) is 15.5 Å². The minimum absolute atomic E-state index is 0. The molecule has 0 saturated carbocycles. The summed E-state index contributed by atoms with van der Waals surface area (Å²) in [6, 6.07) is 10.0. The largest absolute Gasteiger partial charge is 0.351 e. The average molecular weight is 312 g/mol. The summed E-state index contributed by atoms with van der Waals surface area (Å²) in [5, 5.41) is 6.38. The van der Waals surface area contributed by atoms with Crippen LogP contribution in [0.2, 0.25) is 0 Å². The van der Waals surface area contributed by atoms with Crippen molar-refractivity contribution >= 4 is 18.3 Å². The Labute approximate surface area is 133 Å². The first-order chi connectivity index (χ1) is 9.74. The van der Waals surface area contributed by atoms with Gasteiger partial charge in [-0.3, -0.25) is 9.69 Å². The molecule has 2 rings (SSSR count). The quantitative estimate of drug-likeness (QED) is 0.840. The number of piperidine rings is 1. The molecule has 1 aliphatic rings. The Morgan fingerprint density at radius 1 is 1.38 bits per heavy atom. The Bertz CT molecular complexity index is 407. The summed E-state index contributed by atoms with van der Waals surface area (Å²) in [7, 11) is 2.02. The zero-order valence-electron chi connectivity index (χ0n) is 12.7. The molecule has 1 heterocycles. The van der Waals surface area contributed by atoms with E-state index in [1.54, 1.807) is 0 Å². The minimum Gasteiger partial charge on any atom is -0.351 e. The molecule has 2 N–H and O–H groups in total. The molecule has 1 atom stereocenters. The van der Waals surface area contributed by atoms with Crippen LogP contribution in [0.5, 0.6) is 0 Å². The van der Waals surface area contributed by atoms with Gasteiger partial charge in [0.1, 0.15) is 0 Å². The summed E-state index contributed by atoms with van der Waals surface area (Å²) in [4.78, 5) is 14.0. The lowest BCUT2D eigenvalue weighted by atomic mass is 9.99. The predicted molar refractivity (Wildman–Crippen MR) is 88.6 cm³/mol. The molecule has 0 aliphatic carbocycles. The molecule has 5 heteroatoms. The van der Waals surface area contributed by atoms with Gasteiger partial charge in [-0.05, 0) is 44.5 Å². The SMILES string of the molecule is CN(CC(=O)NCc1ccccc1)CC1CCCNC1.Cl. The zero-order chi connectivity index (χ0) is 14.2. The zero-order valence-corrected chi connectivity index (χ0v) is 13.5. The van der Waals surface area contributed by atoms with Crippen LogP contribution in [-0.4, -0.2) is 44.0 Å². The van der Waals surface area contributed by atoms with E-state index in [0.717, 1.165) is 25.2 Å². The van der Waals surface area contributed by atoms with Gasteiger partial charge in [0, 0.05) is 13.1 Å². The third-order valence-corrected chi connectivity index (χ3v) is 3.71. The van der Waals surface area contributed by atoms with Crippen molar-refractivity contribution in [2.45, 2.75) is 19.4 Å². The monoisotopic (exact) mass is 311 g/mol. The van der Waals surface area contributed by atoms with E-state index in [1.165, 1.54) is 12.8 Å². The van der Waals surface area contributed by atoms with Crippen LogP contribution in [0, 0.1) is 5.92 Å². The van der Waals surface area contributed by atoms with Gasteiger partial charge in [-0.1, -0.05) is 30.3 Å². The molecule has 1 aromatic carbocycles. The molecule has 21 heavy (non-hydrogen) atoms. The molecule has 118 valence electrons. The Balaban J connectivity index is 0.00000220. The predicted octanol–water partition coefficient (Wildman–Crippen LogP) is 1.66. The number of hydrogen-bond acceptors (Lipinski definition) is 3. The number of amides is 1. The molecule has 1 amide bonds. The maximum absolute atomic E-state index is 11.9. The van der Waals surface area contributed by atoms with Gasteiger partial charge >= 0.3 is 0 Å². The van der Waals surface area contributed by atoms with E-state index in [2.05, 4.69) is 15.5 Å². The fourth-order valence-electron chi connectivity index (χ4n) is 2.68. The maximum atomic E-state index is 11.9. The Hall–Kier alpha value is -1.10. The van der Waals surface area contributed by atoms with E-state index in [9.17, 15) is 4.79 Å². The second kappa shape index (κ2) is 9.77. The summed E-state index contributed by atoms with van der Waals surface area (Å²) in [5.74, 6) is 0.774. The van der Waals surface area contributed by atoms with Gasteiger partial charge < -0.3 is 10.6 Å². The first-order valence-electron chi connectivity index (χ1n) is 7.44. The van der Waals surface area contributed by atoms with Crippen LogP contribution in [0.1, 0.15) is 18.4 Å². The molecule has 0 radical (unpaired) electrons. The third kappa shape index (κ3) is 6.93. The van der Waals surface area contributed by atoms with Gasteiger partial charge in [0.05, 0.1) is 6.54 Å². The number of nitrogens with one attached hydrogen (secondary N) is 2. The number of likely N-dealkylation sites (N-methyl/N-ethyl adjacent to an activating group) is 1. The third-order valence-electron chi connectivity index (χ3n) is 3.71. The number of carbonyl (C=O) groups excluding carboxylic acids is 1. The molecule has 1 fully saturated rings. The van der Waals surface area contributed by atoms with Gasteiger partial charge in [-0.25, -0.2) is 0 Å². The van der Waals surface area contributed by atoms with E-state index >= 15 is 0 Å². The van der Waals surface area contributed by atoms with Crippen LogP contribution < -0.4 is 10.6 Å². The van der Waals surface area contributed by atoms with Crippen molar-refractivity contribution < 1.29 is 4.79 Å². The lowest BCUT2D eigenvalue weighted by Gasteiger charge is -2.27. The van der Waals surface area contributed by atoms with Crippen LogP contribution in [0.3, 0.4) is 0 Å². The molecule has 0 bridgehead atoms. The molecular weight excluding hydrogens is 286 g/mol. The van der Waals surface area contributed by atoms with Gasteiger partial charge in [-0.2, -0.15) is 0 Å². The molecule has 4 nitrogen and oxygen atoms in total. The van der Waals surface area contributed by atoms with Crippen molar-refractivity contribution in [3.05, 3.63) is 35.9 Å². The van der Waals surface area contributed by atoms with Crippen molar-refractivity contribution in [1.29, 1.82) is 0 Å². The van der Waals surface area contributed by atoms with Crippen LogP contribution in [0.15, 0.2) is 30.3 Å². The summed E-state index contributed by atoms with van der Waals surface area (Å²) < 4.78 is 0. The fraction of sp³-hybridized carbons (Fsp3) is 0.562. The van der Waals surface area contributed by atoms with Crippen LogP contribution in [0.4, 0.5) is 0 Å². The highest BCUT2D eigenvalue weighted by Crippen LogP contribution is 2.10. The van der Waals surface area contributed by atoms with Gasteiger partial charge in [0.15, 0.2) is 0 Å².